The Hall–Kier alpha value is -2.11. The van der Waals surface area contributed by atoms with Crippen LogP contribution in [0.15, 0.2) is 56.4 Å². The molecule has 0 radical (unpaired) electrons. The van der Waals surface area contributed by atoms with Crippen LogP contribution < -0.4 is 0 Å². The second-order valence-electron chi connectivity index (χ2n) is 5.54. The van der Waals surface area contributed by atoms with E-state index < -0.39 is 10.1 Å². The van der Waals surface area contributed by atoms with Gasteiger partial charge in [0, 0.05) is 4.91 Å². The van der Waals surface area contributed by atoms with Gasteiger partial charge in [-0.2, -0.15) is 13.7 Å². The van der Waals surface area contributed by atoms with Crippen LogP contribution in [-0.2, 0) is 14.4 Å². The Labute approximate surface area is 145 Å². The quantitative estimate of drug-likeness (QED) is 0.567. The summed E-state index contributed by atoms with van der Waals surface area (Å²) < 4.78 is 29.0. The second kappa shape index (κ2) is 6.79. The van der Waals surface area contributed by atoms with Gasteiger partial charge >= 0.3 is 10.1 Å². The van der Waals surface area contributed by atoms with E-state index in [1.165, 1.54) is 17.8 Å². The van der Waals surface area contributed by atoms with Gasteiger partial charge in [-0.1, -0.05) is 54.2 Å². The summed E-state index contributed by atoms with van der Waals surface area (Å²) >= 11 is 1.32. The molecule has 0 N–H and O–H groups in total. The lowest BCUT2D eigenvalue weighted by Gasteiger charge is -2.10. The van der Waals surface area contributed by atoms with E-state index in [0.717, 1.165) is 11.3 Å². The van der Waals surface area contributed by atoms with Crippen LogP contribution in [0.25, 0.3) is 0 Å². The van der Waals surface area contributed by atoms with Gasteiger partial charge in [0.2, 0.25) is 5.71 Å². The van der Waals surface area contributed by atoms with Crippen molar-refractivity contribution in [1.29, 1.82) is 5.26 Å². The zero-order valence-corrected chi connectivity index (χ0v) is 14.5. The van der Waals surface area contributed by atoms with Crippen molar-refractivity contribution in [3.8, 4) is 6.07 Å². The average Bonchev–Trinajstić information content (AvgIpc) is 2.99. The first kappa shape index (κ1) is 16.7. The molecule has 3 aliphatic rings. The predicted molar refractivity (Wildman–Crippen MR) is 94.7 cm³/mol. The monoisotopic (exact) mass is 361 g/mol. The SMILES string of the molecule is CC1C=CC(S(=O)(=O)O/N=C(/C#N)C2=NC3CC=CC=C3S2)=CC1. The fourth-order valence-electron chi connectivity index (χ4n) is 2.33. The summed E-state index contributed by atoms with van der Waals surface area (Å²) in [5.41, 5.74) is -0.132. The molecule has 0 saturated carbocycles. The summed E-state index contributed by atoms with van der Waals surface area (Å²) in [5.74, 6) is 0.289. The van der Waals surface area contributed by atoms with E-state index in [0.29, 0.717) is 11.5 Å². The Morgan fingerprint density at radius 1 is 1.50 bits per heavy atom. The summed E-state index contributed by atoms with van der Waals surface area (Å²) in [7, 11) is -4.02. The molecule has 3 rings (SSSR count). The van der Waals surface area contributed by atoms with Crippen LogP contribution in [-0.4, -0.2) is 25.2 Å². The lowest BCUT2D eigenvalue weighted by atomic mass is 10.0. The molecule has 2 unspecified atom stereocenters. The lowest BCUT2D eigenvalue weighted by molar-refractivity contribution is 0.345. The summed E-state index contributed by atoms with van der Waals surface area (Å²) in [6.45, 7) is 1.99. The van der Waals surface area contributed by atoms with Crippen molar-refractivity contribution in [2.45, 2.75) is 25.8 Å². The Balaban J connectivity index is 1.76. The number of rotatable bonds is 4. The van der Waals surface area contributed by atoms with Gasteiger partial charge in [-0.05, 0) is 24.8 Å². The third-order valence-electron chi connectivity index (χ3n) is 3.68. The van der Waals surface area contributed by atoms with Crippen molar-refractivity contribution >= 4 is 32.6 Å². The van der Waals surface area contributed by atoms with Crippen LogP contribution >= 0.6 is 11.8 Å². The number of oxime groups is 1. The number of nitriles is 1. The van der Waals surface area contributed by atoms with E-state index in [1.54, 1.807) is 12.2 Å². The van der Waals surface area contributed by atoms with Crippen molar-refractivity contribution in [3.63, 3.8) is 0 Å². The highest BCUT2D eigenvalue weighted by Gasteiger charge is 2.28. The Kier molecular flexibility index (Phi) is 4.73. The predicted octanol–water partition coefficient (Wildman–Crippen LogP) is 3.05. The highest BCUT2D eigenvalue weighted by molar-refractivity contribution is 8.19. The molecular weight excluding hydrogens is 346 g/mol. The van der Waals surface area contributed by atoms with E-state index in [2.05, 4.69) is 10.1 Å². The molecule has 1 aliphatic heterocycles. The summed E-state index contributed by atoms with van der Waals surface area (Å²) in [4.78, 5) is 5.48. The molecule has 0 aromatic rings. The van der Waals surface area contributed by atoms with Crippen molar-refractivity contribution in [2.24, 2.45) is 16.1 Å². The first-order valence-electron chi connectivity index (χ1n) is 7.42. The summed E-state index contributed by atoms with van der Waals surface area (Å²) in [6, 6.07) is 1.84. The Morgan fingerprint density at radius 2 is 2.33 bits per heavy atom. The molecule has 24 heavy (non-hydrogen) atoms. The molecule has 0 fully saturated rings. The summed E-state index contributed by atoms with van der Waals surface area (Å²) in [6.07, 6.45) is 12.1. The van der Waals surface area contributed by atoms with E-state index in [4.69, 9.17) is 4.28 Å². The van der Waals surface area contributed by atoms with Gasteiger partial charge in [0.15, 0.2) is 0 Å². The number of fused-ring (bicyclic) bond motifs is 1. The van der Waals surface area contributed by atoms with Gasteiger partial charge in [-0.3, -0.25) is 9.28 Å². The first-order valence-corrected chi connectivity index (χ1v) is 9.65. The van der Waals surface area contributed by atoms with E-state index in [9.17, 15) is 13.7 Å². The van der Waals surface area contributed by atoms with Crippen molar-refractivity contribution in [1.82, 2.24) is 0 Å². The smallest absolute Gasteiger partial charge is 0.266 e. The minimum Gasteiger partial charge on any atom is -0.266 e. The molecule has 2 aliphatic carbocycles. The van der Waals surface area contributed by atoms with Gasteiger partial charge in [0.1, 0.15) is 16.0 Å². The molecule has 0 amide bonds. The van der Waals surface area contributed by atoms with E-state index >= 15 is 0 Å². The maximum atomic E-state index is 12.2. The number of hydrogen-bond acceptors (Lipinski definition) is 7. The molecule has 0 aromatic carbocycles. The molecular formula is C16H15N3O3S2. The highest BCUT2D eigenvalue weighted by Crippen LogP contribution is 2.35. The zero-order chi connectivity index (χ0) is 17.2. The standard InChI is InChI=1S/C16H15N3O3S2/c1-11-6-8-12(9-7-11)24(20,21)22-19-14(10-17)16-18-13-4-2-3-5-15(13)23-16/h2-3,5-6,8-9,11,13H,4,7H2,1H3/b19-14-. The number of hydrogen-bond donors (Lipinski definition) is 0. The van der Waals surface area contributed by atoms with E-state index in [1.807, 2.05) is 31.2 Å². The average molecular weight is 361 g/mol. The second-order valence-corrected chi connectivity index (χ2v) is 8.13. The van der Waals surface area contributed by atoms with Gasteiger partial charge in [-0.25, -0.2) is 0 Å². The van der Waals surface area contributed by atoms with Crippen LogP contribution in [0.4, 0.5) is 0 Å². The summed E-state index contributed by atoms with van der Waals surface area (Å²) in [5, 5.41) is 13.2. The van der Waals surface area contributed by atoms with Crippen molar-refractivity contribution < 1.29 is 12.7 Å². The molecule has 2 atom stereocenters. The van der Waals surface area contributed by atoms with Crippen molar-refractivity contribution in [2.75, 3.05) is 0 Å². The first-order chi connectivity index (χ1) is 11.5. The Morgan fingerprint density at radius 3 is 3.00 bits per heavy atom. The lowest BCUT2D eigenvalue weighted by Crippen LogP contribution is -2.12. The fourth-order valence-corrected chi connectivity index (χ4v) is 4.15. The largest absolute Gasteiger partial charge is 0.358 e. The minimum absolute atomic E-state index is 0.0179. The zero-order valence-electron chi connectivity index (χ0n) is 12.9. The van der Waals surface area contributed by atoms with Crippen molar-refractivity contribution in [3.05, 3.63) is 46.3 Å². The molecule has 8 heteroatoms. The molecule has 6 nitrogen and oxygen atoms in total. The molecule has 0 bridgehead atoms. The Bertz CT molecular complexity index is 871. The normalized spacial score (nSPS) is 26.2. The fraction of sp³-hybridized carbons (Fsp3) is 0.312. The molecule has 0 aromatic heterocycles. The number of aliphatic imine (C=N–C) groups is 1. The molecule has 1 heterocycles. The van der Waals surface area contributed by atoms with Crippen LogP contribution in [0.2, 0.25) is 0 Å². The third-order valence-corrected chi connectivity index (χ3v) is 5.96. The number of nitrogens with zero attached hydrogens (tertiary/aromatic N) is 3. The maximum absolute atomic E-state index is 12.2. The molecule has 124 valence electrons. The molecule has 0 saturated heterocycles. The van der Waals surface area contributed by atoms with E-state index in [-0.39, 0.29) is 22.6 Å². The van der Waals surface area contributed by atoms with Gasteiger partial charge in [0.25, 0.3) is 0 Å². The topological polar surface area (TPSA) is 91.9 Å². The van der Waals surface area contributed by atoms with Crippen LogP contribution in [0.1, 0.15) is 19.8 Å². The van der Waals surface area contributed by atoms with Gasteiger partial charge < -0.3 is 0 Å². The number of thioether (sulfide) groups is 1. The highest BCUT2D eigenvalue weighted by atomic mass is 32.2. The maximum Gasteiger partial charge on any atom is 0.358 e. The number of allylic oxidation sites excluding steroid dienone is 5. The minimum atomic E-state index is -4.02. The van der Waals surface area contributed by atoms with Gasteiger partial charge in [-0.15, -0.1) is 0 Å². The van der Waals surface area contributed by atoms with Crippen LogP contribution in [0.5, 0.6) is 0 Å². The third kappa shape index (κ3) is 3.52. The van der Waals surface area contributed by atoms with Gasteiger partial charge in [0.05, 0.1) is 6.04 Å². The van der Waals surface area contributed by atoms with Crippen LogP contribution in [0.3, 0.4) is 0 Å². The molecule has 0 spiro atoms. The van der Waals surface area contributed by atoms with Crippen LogP contribution in [0, 0.1) is 17.2 Å².